The molecular formula is C21H26N4O4S. The second kappa shape index (κ2) is 9.38. The highest BCUT2D eigenvalue weighted by molar-refractivity contribution is 7.89. The number of benzene rings is 2. The number of fused-ring (bicyclic) bond motifs is 1. The maximum atomic E-state index is 12.8. The standard InChI is InChI=1S/C21H26N4O4S/c1-4-25-19-8-6-5-7-18(19)23-20(25)15-24(2)21(26)16-9-11-17(12-10-16)30(27,28)22-13-14-29-3/h5-12,22H,4,13-15H2,1-3H3. The average Bonchev–Trinajstić information content (AvgIpc) is 3.10. The molecule has 1 heterocycles. The average molecular weight is 431 g/mol. The molecule has 0 saturated carbocycles. The minimum atomic E-state index is -3.64. The van der Waals surface area contributed by atoms with E-state index in [0.29, 0.717) is 12.1 Å². The fourth-order valence-corrected chi connectivity index (χ4v) is 4.25. The Bertz CT molecular complexity index is 1120. The Balaban J connectivity index is 1.74. The first-order valence-electron chi connectivity index (χ1n) is 9.65. The van der Waals surface area contributed by atoms with Crippen molar-refractivity contribution in [3.8, 4) is 0 Å². The number of imidazole rings is 1. The van der Waals surface area contributed by atoms with Crippen LogP contribution in [0.4, 0.5) is 0 Å². The first kappa shape index (κ1) is 21.9. The molecular weight excluding hydrogens is 404 g/mol. The summed E-state index contributed by atoms with van der Waals surface area (Å²) in [5.74, 6) is 0.595. The summed E-state index contributed by atoms with van der Waals surface area (Å²) in [6.07, 6.45) is 0. The normalized spacial score (nSPS) is 11.7. The Kier molecular flexibility index (Phi) is 6.86. The van der Waals surface area contributed by atoms with E-state index in [-0.39, 0.29) is 24.0 Å². The van der Waals surface area contributed by atoms with E-state index in [2.05, 4.69) is 14.3 Å². The van der Waals surface area contributed by atoms with E-state index in [9.17, 15) is 13.2 Å². The molecule has 0 aliphatic carbocycles. The van der Waals surface area contributed by atoms with Crippen LogP contribution in [0.2, 0.25) is 0 Å². The maximum absolute atomic E-state index is 12.8. The number of sulfonamides is 1. The van der Waals surface area contributed by atoms with Crippen molar-refractivity contribution in [3.63, 3.8) is 0 Å². The van der Waals surface area contributed by atoms with Gasteiger partial charge >= 0.3 is 0 Å². The van der Waals surface area contributed by atoms with Crippen molar-refractivity contribution in [3.05, 3.63) is 59.9 Å². The van der Waals surface area contributed by atoms with Crippen molar-refractivity contribution in [1.82, 2.24) is 19.2 Å². The summed E-state index contributed by atoms with van der Waals surface area (Å²) < 4.78 is 33.9. The molecule has 0 radical (unpaired) electrons. The molecule has 160 valence electrons. The van der Waals surface area contributed by atoms with Crippen molar-refractivity contribution < 1.29 is 17.9 Å². The molecule has 2 aromatic carbocycles. The lowest BCUT2D eigenvalue weighted by Crippen LogP contribution is -2.28. The van der Waals surface area contributed by atoms with Gasteiger partial charge in [0.05, 0.1) is 29.1 Å². The zero-order chi connectivity index (χ0) is 21.7. The topological polar surface area (TPSA) is 93.5 Å². The van der Waals surface area contributed by atoms with Gasteiger partial charge in [-0.1, -0.05) is 12.1 Å². The predicted octanol–water partition coefficient (Wildman–Crippen LogP) is 2.25. The number of methoxy groups -OCH3 is 1. The number of amides is 1. The van der Waals surface area contributed by atoms with E-state index in [4.69, 9.17) is 4.74 Å². The zero-order valence-corrected chi connectivity index (χ0v) is 18.1. The Labute approximate surface area is 176 Å². The largest absolute Gasteiger partial charge is 0.383 e. The van der Waals surface area contributed by atoms with Gasteiger partial charge < -0.3 is 14.2 Å². The third-order valence-corrected chi connectivity index (χ3v) is 6.26. The number of nitrogens with one attached hydrogen (secondary N) is 1. The zero-order valence-electron chi connectivity index (χ0n) is 17.3. The summed E-state index contributed by atoms with van der Waals surface area (Å²) in [6, 6.07) is 13.8. The molecule has 1 aromatic heterocycles. The molecule has 0 aliphatic rings. The van der Waals surface area contributed by atoms with Crippen molar-refractivity contribution in [2.75, 3.05) is 27.3 Å². The van der Waals surface area contributed by atoms with E-state index in [1.807, 2.05) is 31.2 Å². The number of nitrogens with zero attached hydrogens (tertiary/aromatic N) is 3. The summed E-state index contributed by atoms with van der Waals surface area (Å²) in [7, 11) is -0.428. The number of carbonyl (C=O) groups excluding carboxylic acids is 1. The molecule has 0 aliphatic heterocycles. The van der Waals surface area contributed by atoms with Crippen LogP contribution in [-0.2, 0) is 27.8 Å². The molecule has 1 N–H and O–H groups in total. The molecule has 1 amide bonds. The van der Waals surface area contributed by atoms with Crippen LogP contribution < -0.4 is 4.72 Å². The fourth-order valence-electron chi connectivity index (χ4n) is 3.24. The lowest BCUT2D eigenvalue weighted by molar-refractivity contribution is 0.0780. The fraction of sp³-hybridized carbons (Fsp3) is 0.333. The monoisotopic (exact) mass is 430 g/mol. The van der Waals surface area contributed by atoms with E-state index in [1.54, 1.807) is 11.9 Å². The predicted molar refractivity (Wildman–Crippen MR) is 115 cm³/mol. The Hall–Kier alpha value is -2.75. The molecule has 3 aromatic rings. The number of para-hydroxylation sites is 2. The molecule has 30 heavy (non-hydrogen) atoms. The van der Waals surface area contributed by atoms with Crippen LogP contribution in [0, 0.1) is 0 Å². The molecule has 3 rings (SSSR count). The van der Waals surface area contributed by atoms with Crippen LogP contribution >= 0.6 is 0 Å². The van der Waals surface area contributed by atoms with Gasteiger partial charge in [-0.25, -0.2) is 18.1 Å². The Morgan fingerprint density at radius 1 is 1.17 bits per heavy atom. The summed E-state index contributed by atoms with van der Waals surface area (Å²) in [5.41, 5.74) is 2.34. The van der Waals surface area contributed by atoms with Gasteiger partial charge in [0, 0.05) is 32.8 Å². The van der Waals surface area contributed by atoms with Gasteiger partial charge in [-0.05, 0) is 43.3 Å². The third-order valence-electron chi connectivity index (χ3n) is 4.78. The number of ether oxygens (including phenoxy) is 1. The number of aryl methyl sites for hydroxylation is 1. The molecule has 8 nitrogen and oxygen atoms in total. The molecule has 0 unspecified atom stereocenters. The second-order valence-electron chi connectivity index (χ2n) is 6.84. The molecule has 0 fully saturated rings. The summed E-state index contributed by atoms with van der Waals surface area (Å²) in [4.78, 5) is 19.2. The van der Waals surface area contributed by atoms with Gasteiger partial charge in [0.1, 0.15) is 5.82 Å². The van der Waals surface area contributed by atoms with Crippen LogP contribution in [0.5, 0.6) is 0 Å². The minimum Gasteiger partial charge on any atom is -0.383 e. The second-order valence-corrected chi connectivity index (χ2v) is 8.60. The van der Waals surface area contributed by atoms with E-state index >= 15 is 0 Å². The van der Waals surface area contributed by atoms with Gasteiger partial charge in [-0.15, -0.1) is 0 Å². The smallest absolute Gasteiger partial charge is 0.254 e. The van der Waals surface area contributed by atoms with Crippen LogP contribution in [0.1, 0.15) is 23.1 Å². The third kappa shape index (κ3) is 4.69. The summed E-state index contributed by atoms with van der Waals surface area (Å²) in [6.45, 7) is 3.60. The SMILES string of the molecule is CCn1c(CN(C)C(=O)c2ccc(S(=O)(=O)NCCOC)cc2)nc2ccccc21. The molecule has 0 atom stereocenters. The van der Waals surface area contributed by atoms with Gasteiger partial charge in [0.15, 0.2) is 0 Å². The number of rotatable bonds is 9. The number of hydrogen-bond donors (Lipinski definition) is 1. The number of carbonyl (C=O) groups is 1. The van der Waals surface area contributed by atoms with Gasteiger partial charge in [0.2, 0.25) is 10.0 Å². The van der Waals surface area contributed by atoms with E-state index < -0.39 is 10.0 Å². The van der Waals surface area contributed by atoms with Crippen molar-refractivity contribution >= 4 is 27.0 Å². The Morgan fingerprint density at radius 3 is 2.53 bits per heavy atom. The highest BCUT2D eigenvalue weighted by Gasteiger charge is 2.18. The quantitative estimate of drug-likeness (QED) is 0.526. The van der Waals surface area contributed by atoms with Gasteiger partial charge in [-0.3, -0.25) is 4.79 Å². The lowest BCUT2D eigenvalue weighted by atomic mass is 10.2. The maximum Gasteiger partial charge on any atom is 0.254 e. The lowest BCUT2D eigenvalue weighted by Gasteiger charge is -2.18. The first-order chi connectivity index (χ1) is 14.4. The van der Waals surface area contributed by atoms with Crippen LogP contribution in [0.15, 0.2) is 53.4 Å². The van der Waals surface area contributed by atoms with Crippen molar-refractivity contribution in [2.45, 2.75) is 24.9 Å². The number of hydrogen-bond acceptors (Lipinski definition) is 5. The molecule has 0 saturated heterocycles. The van der Waals surface area contributed by atoms with Gasteiger partial charge in [0.25, 0.3) is 5.91 Å². The first-order valence-corrected chi connectivity index (χ1v) is 11.1. The van der Waals surface area contributed by atoms with E-state index in [0.717, 1.165) is 23.4 Å². The molecule has 9 heteroatoms. The van der Waals surface area contributed by atoms with Crippen LogP contribution in [-0.4, -0.2) is 56.1 Å². The van der Waals surface area contributed by atoms with E-state index in [1.165, 1.54) is 31.4 Å². The summed E-state index contributed by atoms with van der Waals surface area (Å²) in [5, 5.41) is 0. The summed E-state index contributed by atoms with van der Waals surface area (Å²) >= 11 is 0. The van der Waals surface area contributed by atoms with Crippen LogP contribution in [0.3, 0.4) is 0 Å². The number of aromatic nitrogens is 2. The molecule has 0 bridgehead atoms. The highest BCUT2D eigenvalue weighted by Crippen LogP contribution is 2.18. The Morgan fingerprint density at radius 2 is 1.87 bits per heavy atom. The minimum absolute atomic E-state index is 0.102. The van der Waals surface area contributed by atoms with Gasteiger partial charge in [-0.2, -0.15) is 0 Å². The molecule has 0 spiro atoms. The highest BCUT2D eigenvalue weighted by atomic mass is 32.2. The van der Waals surface area contributed by atoms with Crippen molar-refractivity contribution in [2.24, 2.45) is 0 Å². The van der Waals surface area contributed by atoms with Crippen LogP contribution in [0.25, 0.3) is 11.0 Å². The van der Waals surface area contributed by atoms with Crippen molar-refractivity contribution in [1.29, 1.82) is 0 Å².